The van der Waals surface area contributed by atoms with Crippen LogP contribution in [0.15, 0.2) is 60.8 Å². The predicted octanol–water partition coefficient (Wildman–Crippen LogP) is 3.01. The van der Waals surface area contributed by atoms with Gasteiger partial charge in [-0.15, -0.1) is 0 Å². The largest absolute Gasteiger partial charge is 0.416 e. The van der Waals surface area contributed by atoms with Crippen LogP contribution < -0.4 is 21.3 Å². The van der Waals surface area contributed by atoms with Gasteiger partial charge in [0.2, 0.25) is 11.8 Å². The van der Waals surface area contributed by atoms with Crippen LogP contribution in [0.4, 0.5) is 13.2 Å². The topological polar surface area (TPSA) is 117 Å². The number of rotatable bonds is 9. The fourth-order valence-electron chi connectivity index (χ4n) is 4.40. The van der Waals surface area contributed by atoms with Crippen LogP contribution in [-0.2, 0) is 22.3 Å². The first kappa shape index (κ1) is 29.1. The molecule has 1 fully saturated rings. The van der Waals surface area contributed by atoms with E-state index in [1.807, 2.05) is 0 Å². The summed E-state index contributed by atoms with van der Waals surface area (Å²) in [5.74, 6) is -1.14. The first-order valence-electron chi connectivity index (χ1n) is 12.6. The SMILES string of the molecule is O=C(Cn1ccc(-c2cccc(C(F)(F)F)c2)n1)NC1(C(=O)NCCNC(=O)c2ccc(Cl)cc2)CCNCC1. The van der Waals surface area contributed by atoms with Gasteiger partial charge in [0.15, 0.2) is 0 Å². The molecule has 2 aromatic carbocycles. The Labute approximate surface area is 233 Å². The second kappa shape index (κ2) is 12.5. The van der Waals surface area contributed by atoms with Crippen LogP contribution in [0.2, 0.25) is 5.02 Å². The number of halogens is 4. The molecular weight excluding hydrogens is 549 g/mol. The van der Waals surface area contributed by atoms with E-state index < -0.39 is 23.2 Å². The molecule has 13 heteroatoms. The van der Waals surface area contributed by atoms with Crippen molar-refractivity contribution < 1.29 is 27.6 Å². The van der Waals surface area contributed by atoms with E-state index in [4.69, 9.17) is 11.6 Å². The Morgan fingerprint density at radius 1 is 1.00 bits per heavy atom. The van der Waals surface area contributed by atoms with Gasteiger partial charge in [0.1, 0.15) is 12.1 Å². The van der Waals surface area contributed by atoms with Crippen LogP contribution in [0.3, 0.4) is 0 Å². The Bertz CT molecular complexity index is 1350. The van der Waals surface area contributed by atoms with Crippen LogP contribution in [0.5, 0.6) is 0 Å². The highest BCUT2D eigenvalue weighted by molar-refractivity contribution is 6.30. The quantitative estimate of drug-likeness (QED) is 0.292. The zero-order chi connectivity index (χ0) is 28.8. The van der Waals surface area contributed by atoms with Gasteiger partial charge in [-0.25, -0.2) is 0 Å². The third kappa shape index (κ3) is 7.39. The molecule has 1 aliphatic rings. The van der Waals surface area contributed by atoms with Gasteiger partial charge in [-0.2, -0.15) is 18.3 Å². The fraction of sp³-hybridized carbons (Fsp3) is 0.333. The molecule has 0 unspecified atom stereocenters. The minimum Gasteiger partial charge on any atom is -0.352 e. The first-order valence-corrected chi connectivity index (χ1v) is 13.0. The molecule has 3 amide bonds. The third-order valence-corrected chi connectivity index (χ3v) is 6.76. The molecule has 3 aromatic rings. The highest BCUT2D eigenvalue weighted by Crippen LogP contribution is 2.31. The van der Waals surface area contributed by atoms with Crippen molar-refractivity contribution in [2.75, 3.05) is 26.2 Å². The number of piperidine rings is 1. The Balaban J connectivity index is 1.33. The van der Waals surface area contributed by atoms with Gasteiger partial charge < -0.3 is 21.3 Å². The van der Waals surface area contributed by atoms with Crippen molar-refractivity contribution in [2.45, 2.75) is 31.1 Å². The van der Waals surface area contributed by atoms with E-state index in [0.29, 0.717) is 36.5 Å². The summed E-state index contributed by atoms with van der Waals surface area (Å²) >= 11 is 5.84. The van der Waals surface area contributed by atoms with Crippen LogP contribution in [0.1, 0.15) is 28.8 Å². The molecule has 0 atom stereocenters. The summed E-state index contributed by atoms with van der Waals surface area (Å²) in [6, 6.07) is 12.7. The maximum Gasteiger partial charge on any atom is 0.416 e. The molecule has 1 saturated heterocycles. The third-order valence-electron chi connectivity index (χ3n) is 6.50. The van der Waals surface area contributed by atoms with Crippen LogP contribution in [0.25, 0.3) is 11.3 Å². The molecule has 0 aliphatic carbocycles. The maximum absolute atomic E-state index is 13.2. The molecule has 0 bridgehead atoms. The Hall–Kier alpha value is -3.90. The fourth-order valence-corrected chi connectivity index (χ4v) is 4.53. The Morgan fingerprint density at radius 2 is 1.70 bits per heavy atom. The number of benzene rings is 2. The predicted molar refractivity (Wildman–Crippen MR) is 142 cm³/mol. The average molecular weight is 577 g/mol. The van der Waals surface area contributed by atoms with Crippen molar-refractivity contribution in [3.05, 3.63) is 76.9 Å². The number of carbonyl (C=O) groups is 3. The lowest BCUT2D eigenvalue weighted by Gasteiger charge is -2.37. The van der Waals surface area contributed by atoms with Gasteiger partial charge >= 0.3 is 6.18 Å². The number of carbonyl (C=O) groups excluding carboxylic acids is 3. The van der Waals surface area contributed by atoms with E-state index in [-0.39, 0.29) is 42.7 Å². The zero-order valence-corrected chi connectivity index (χ0v) is 22.1. The number of alkyl halides is 3. The summed E-state index contributed by atoms with van der Waals surface area (Å²) in [6.45, 7) is 1.15. The minimum atomic E-state index is -4.48. The van der Waals surface area contributed by atoms with Crippen LogP contribution in [-0.4, -0.2) is 59.2 Å². The molecule has 0 spiro atoms. The maximum atomic E-state index is 13.2. The first-order chi connectivity index (χ1) is 19.1. The van der Waals surface area contributed by atoms with Crippen molar-refractivity contribution >= 4 is 29.3 Å². The molecule has 1 aliphatic heterocycles. The standard InChI is InChI=1S/C27H28ClF3N6O3/c28-21-6-4-18(5-7-21)24(39)33-13-14-34-25(40)26(9-11-32-12-10-26)35-23(38)17-37-15-8-22(36-37)19-2-1-3-20(16-19)27(29,30)31/h1-8,15-16,32H,9-14,17H2,(H,33,39)(H,34,40)(H,35,38). The van der Waals surface area contributed by atoms with E-state index in [0.717, 1.165) is 12.1 Å². The zero-order valence-electron chi connectivity index (χ0n) is 21.4. The Kier molecular flexibility index (Phi) is 9.10. The van der Waals surface area contributed by atoms with Gasteiger partial charge in [-0.1, -0.05) is 23.7 Å². The lowest BCUT2D eigenvalue weighted by atomic mass is 9.87. The molecule has 2 heterocycles. The number of amides is 3. The highest BCUT2D eigenvalue weighted by Gasteiger charge is 2.40. The lowest BCUT2D eigenvalue weighted by Crippen LogP contribution is -2.63. The summed E-state index contributed by atoms with van der Waals surface area (Å²) in [7, 11) is 0. The number of nitrogens with zero attached hydrogens (tertiary/aromatic N) is 2. The highest BCUT2D eigenvalue weighted by atomic mass is 35.5. The summed E-state index contributed by atoms with van der Waals surface area (Å²) in [6.07, 6.45) is -2.27. The molecule has 40 heavy (non-hydrogen) atoms. The van der Waals surface area contributed by atoms with Gasteiger partial charge in [0.05, 0.1) is 11.3 Å². The van der Waals surface area contributed by atoms with Crippen LogP contribution >= 0.6 is 11.6 Å². The summed E-state index contributed by atoms with van der Waals surface area (Å²) in [5, 5.41) is 16.3. The molecule has 1 aromatic heterocycles. The normalized spacial score (nSPS) is 14.8. The molecule has 4 rings (SSSR count). The van der Waals surface area contributed by atoms with Crippen molar-refractivity contribution in [3.8, 4) is 11.3 Å². The second-order valence-electron chi connectivity index (χ2n) is 9.38. The van der Waals surface area contributed by atoms with E-state index >= 15 is 0 Å². The molecule has 9 nitrogen and oxygen atoms in total. The van der Waals surface area contributed by atoms with Crippen molar-refractivity contribution in [2.24, 2.45) is 0 Å². The van der Waals surface area contributed by atoms with E-state index in [1.165, 1.54) is 29.1 Å². The number of nitrogens with one attached hydrogen (secondary N) is 4. The minimum absolute atomic E-state index is 0.155. The number of hydrogen-bond donors (Lipinski definition) is 4. The molecule has 0 radical (unpaired) electrons. The van der Waals surface area contributed by atoms with Crippen molar-refractivity contribution in [1.29, 1.82) is 0 Å². The van der Waals surface area contributed by atoms with E-state index in [2.05, 4.69) is 26.4 Å². The summed E-state index contributed by atoms with van der Waals surface area (Å²) in [5.41, 5.74) is -0.951. The van der Waals surface area contributed by atoms with E-state index in [9.17, 15) is 27.6 Å². The van der Waals surface area contributed by atoms with Gasteiger partial charge in [0, 0.05) is 35.4 Å². The van der Waals surface area contributed by atoms with Gasteiger partial charge in [-0.05, 0) is 68.4 Å². The Morgan fingerprint density at radius 3 is 2.40 bits per heavy atom. The molecule has 212 valence electrons. The molecular formula is C27H28ClF3N6O3. The monoisotopic (exact) mass is 576 g/mol. The average Bonchev–Trinajstić information content (AvgIpc) is 3.39. The van der Waals surface area contributed by atoms with Gasteiger partial charge in [0.25, 0.3) is 5.91 Å². The number of hydrogen-bond acceptors (Lipinski definition) is 5. The number of aromatic nitrogens is 2. The second-order valence-corrected chi connectivity index (χ2v) is 9.81. The lowest BCUT2D eigenvalue weighted by molar-refractivity contribution is -0.137. The van der Waals surface area contributed by atoms with Crippen molar-refractivity contribution in [1.82, 2.24) is 31.0 Å². The summed E-state index contributed by atoms with van der Waals surface area (Å²) in [4.78, 5) is 38.3. The van der Waals surface area contributed by atoms with Gasteiger partial charge in [-0.3, -0.25) is 19.1 Å². The van der Waals surface area contributed by atoms with Crippen molar-refractivity contribution in [3.63, 3.8) is 0 Å². The molecule has 0 saturated carbocycles. The summed E-state index contributed by atoms with van der Waals surface area (Å²) < 4.78 is 40.5. The van der Waals surface area contributed by atoms with Crippen LogP contribution in [0, 0.1) is 0 Å². The van der Waals surface area contributed by atoms with E-state index in [1.54, 1.807) is 24.3 Å². The molecule has 4 N–H and O–H groups in total. The smallest absolute Gasteiger partial charge is 0.352 e.